The number of cyclic esters (lactones) is 1. The van der Waals surface area contributed by atoms with Crippen molar-refractivity contribution in [3.05, 3.63) is 80.8 Å². The Hall–Kier alpha value is -2.70. The monoisotopic (exact) mass is 426 g/mol. The predicted molar refractivity (Wildman–Crippen MR) is 114 cm³/mol. The number of halogens is 1. The Kier molecular flexibility index (Phi) is 5.15. The molecular weight excluding hydrogens is 408 g/mol. The van der Waals surface area contributed by atoms with Gasteiger partial charge in [0.25, 0.3) is 5.91 Å². The summed E-state index contributed by atoms with van der Waals surface area (Å²) in [5.41, 5.74) is 1.86. The molecule has 2 heterocycles. The number of hydrogen-bond donors (Lipinski definition) is 1. The summed E-state index contributed by atoms with van der Waals surface area (Å²) in [4.78, 5) is 30.7. The number of carbonyl (C=O) groups is 2. The van der Waals surface area contributed by atoms with Gasteiger partial charge in [-0.05, 0) is 37.1 Å². The van der Waals surface area contributed by atoms with Crippen molar-refractivity contribution in [1.82, 2.24) is 4.98 Å². The number of nitrogens with one attached hydrogen (secondary N) is 1. The molecule has 1 N–H and O–H groups in total. The van der Waals surface area contributed by atoms with Gasteiger partial charge < -0.3 is 4.74 Å². The molecule has 5 nitrogen and oxygen atoms in total. The zero-order chi connectivity index (χ0) is 20.6. The van der Waals surface area contributed by atoms with Gasteiger partial charge in [-0.15, -0.1) is 11.3 Å². The number of ether oxygens (including phenoxy) is 1. The standard InChI is InChI=1S/C22H19ClN2O3S/c1-13-18(11-14-7-4-6-10-17(14)23)29-21(24-13)25-20(27)22(2)12-15-8-3-5-9-16(15)19(26)28-22/h3-10H,11-12H2,1-2H3,(H,24,25,27). The molecule has 7 heteroatoms. The third-order valence-electron chi connectivity index (χ3n) is 4.99. The first kappa shape index (κ1) is 19.6. The molecule has 0 saturated carbocycles. The van der Waals surface area contributed by atoms with E-state index >= 15 is 0 Å². The van der Waals surface area contributed by atoms with E-state index in [0.29, 0.717) is 28.6 Å². The molecule has 4 rings (SSSR count). The van der Waals surface area contributed by atoms with E-state index in [-0.39, 0.29) is 0 Å². The number of benzene rings is 2. The zero-order valence-electron chi connectivity index (χ0n) is 16.0. The van der Waals surface area contributed by atoms with Crippen LogP contribution in [0.25, 0.3) is 0 Å². The first-order valence-electron chi connectivity index (χ1n) is 9.18. The molecule has 0 saturated heterocycles. The van der Waals surface area contributed by atoms with Crippen LogP contribution in [-0.2, 0) is 22.4 Å². The van der Waals surface area contributed by atoms with Gasteiger partial charge in [-0.2, -0.15) is 0 Å². The number of anilines is 1. The van der Waals surface area contributed by atoms with Crippen LogP contribution in [0.3, 0.4) is 0 Å². The highest BCUT2D eigenvalue weighted by Crippen LogP contribution is 2.31. The van der Waals surface area contributed by atoms with Crippen LogP contribution in [0.15, 0.2) is 48.5 Å². The summed E-state index contributed by atoms with van der Waals surface area (Å²) in [6, 6.07) is 14.8. The van der Waals surface area contributed by atoms with Crippen molar-refractivity contribution in [3.8, 4) is 0 Å². The minimum atomic E-state index is -1.28. The maximum Gasteiger partial charge on any atom is 0.339 e. The molecule has 1 unspecified atom stereocenters. The number of aromatic nitrogens is 1. The van der Waals surface area contributed by atoms with E-state index in [0.717, 1.165) is 21.7 Å². The summed E-state index contributed by atoms with van der Waals surface area (Å²) < 4.78 is 5.49. The van der Waals surface area contributed by atoms with Gasteiger partial charge in [0.1, 0.15) is 0 Å². The Balaban J connectivity index is 1.52. The second kappa shape index (κ2) is 7.61. The lowest BCUT2D eigenvalue weighted by molar-refractivity contribution is -0.134. The Morgan fingerprint density at radius 3 is 2.76 bits per heavy atom. The van der Waals surface area contributed by atoms with Crippen molar-refractivity contribution < 1.29 is 14.3 Å². The van der Waals surface area contributed by atoms with E-state index < -0.39 is 17.5 Å². The molecule has 1 amide bonds. The van der Waals surface area contributed by atoms with E-state index in [4.69, 9.17) is 16.3 Å². The number of fused-ring (bicyclic) bond motifs is 1. The molecular formula is C22H19ClN2O3S. The van der Waals surface area contributed by atoms with Crippen molar-refractivity contribution in [2.75, 3.05) is 5.32 Å². The van der Waals surface area contributed by atoms with Crippen molar-refractivity contribution in [2.24, 2.45) is 0 Å². The first-order valence-corrected chi connectivity index (χ1v) is 10.4. The SMILES string of the molecule is Cc1nc(NC(=O)C2(C)Cc3ccccc3C(=O)O2)sc1Cc1ccccc1Cl. The lowest BCUT2D eigenvalue weighted by Gasteiger charge is -2.32. The van der Waals surface area contributed by atoms with Crippen LogP contribution in [0.5, 0.6) is 0 Å². The third kappa shape index (κ3) is 3.91. The largest absolute Gasteiger partial charge is 0.445 e. The minimum absolute atomic E-state index is 0.317. The second-order valence-electron chi connectivity index (χ2n) is 7.20. The highest BCUT2D eigenvalue weighted by molar-refractivity contribution is 7.15. The number of esters is 1. The lowest BCUT2D eigenvalue weighted by Crippen LogP contribution is -2.48. The van der Waals surface area contributed by atoms with Gasteiger partial charge in [0.15, 0.2) is 10.7 Å². The van der Waals surface area contributed by atoms with E-state index in [1.54, 1.807) is 19.1 Å². The van der Waals surface area contributed by atoms with E-state index in [1.165, 1.54) is 11.3 Å². The molecule has 1 aliphatic rings. The van der Waals surface area contributed by atoms with E-state index in [2.05, 4.69) is 10.3 Å². The summed E-state index contributed by atoms with van der Waals surface area (Å²) >= 11 is 7.66. The van der Waals surface area contributed by atoms with Crippen molar-refractivity contribution >= 4 is 39.9 Å². The van der Waals surface area contributed by atoms with E-state index in [1.807, 2.05) is 43.3 Å². The Labute approximate surface area is 177 Å². The van der Waals surface area contributed by atoms with Gasteiger partial charge in [-0.25, -0.2) is 9.78 Å². The molecule has 1 atom stereocenters. The predicted octanol–water partition coefficient (Wildman–Crippen LogP) is 4.81. The maximum atomic E-state index is 12.9. The van der Waals surface area contributed by atoms with Crippen LogP contribution in [0.2, 0.25) is 5.02 Å². The molecule has 148 valence electrons. The summed E-state index contributed by atoms with van der Waals surface area (Å²) in [6.45, 7) is 3.53. The van der Waals surface area contributed by atoms with Crippen molar-refractivity contribution in [1.29, 1.82) is 0 Å². The summed E-state index contributed by atoms with van der Waals surface area (Å²) in [6.07, 6.45) is 0.955. The molecule has 1 aromatic heterocycles. The number of nitrogens with zero attached hydrogens (tertiary/aromatic N) is 1. The van der Waals surface area contributed by atoms with Gasteiger partial charge >= 0.3 is 5.97 Å². The van der Waals surface area contributed by atoms with Gasteiger partial charge in [-0.1, -0.05) is 48.0 Å². The maximum absolute atomic E-state index is 12.9. The fourth-order valence-electron chi connectivity index (χ4n) is 3.35. The summed E-state index contributed by atoms with van der Waals surface area (Å²) in [7, 11) is 0. The Morgan fingerprint density at radius 1 is 1.24 bits per heavy atom. The van der Waals surface area contributed by atoms with Gasteiger partial charge in [0.2, 0.25) is 0 Å². The smallest absolute Gasteiger partial charge is 0.339 e. The van der Waals surface area contributed by atoms with E-state index in [9.17, 15) is 9.59 Å². The molecule has 0 fully saturated rings. The molecule has 1 aliphatic heterocycles. The topological polar surface area (TPSA) is 68.3 Å². The zero-order valence-corrected chi connectivity index (χ0v) is 17.6. The average molecular weight is 427 g/mol. The number of hydrogen-bond acceptors (Lipinski definition) is 5. The summed E-state index contributed by atoms with van der Waals surface area (Å²) in [5.74, 6) is -0.877. The molecule has 2 aromatic carbocycles. The van der Waals surface area contributed by atoms with Crippen LogP contribution in [-0.4, -0.2) is 22.5 Å². The van der Waals surface area contributed by atoms with Crippen molar-refractivity contribution in [2.45, 2.75) is 32.3 Å². The van der Waals surface area contributed by atoms with Crippen LogP contribution in [0.1, 0.15) is 39.0 Å². The number of thiazole rings is 1. The number of aryl methyl sites for hydroxylation is 1. The van der Waals surface area contributed by atoms with Crippen LogP contribution in [0.4, 0.5) is 5.13 Å². The van der Waals surface area contributed by atoms with Crippen LogP contribution < -0.4 is 5.32 Å². The number of carbonyl (C=O) groups excluding carboxylic acids is 2. The first-order chi connectivity index (χ1) is 13.9. The molecule has 3 aromatic rings. The second-order valence-corrected chi connectivity index (χ2v) is 8.70. The number of amides is 1. The highest BCUT2D eigenvalue weighted by Gasteiger charge is 2.43. The Bertz CT molecular complexity index is 1110. The number of rotatable bonds is 4. The highest BCUT2D eigenvalue weighted by atomic mass is 35.5. The Morgan fingerprint density at radius 2 is 1.97 bits per heavy atom. The molecule has 0 radical (unpaired) electrons. The third-order valence-corrected chi connectivity index (χ3v) is 6.43. The quantitative estimate of drug-likeness (QED) is 0.608. The van der Waals surface area contributed by atoms with Crippen LogP contribution >= 0.6 is 22.9 Å². The van der Waals surface area contributed by atoms with Gasteiger partial charge in [0.05, 0.1) is 11.3 Å². The lowest BCUT2D eigenvalue weighted by atomic mass is 9.89. The molecule has 29 heavy (non-hydrogen) atoms. The average Bonchev–Trinajstić information content (AvgIpc) is 3.02. The van der Waals surface area contributed by atoms with Crippen LogP contribution in [0, 0.1) is 6.92 Å². The van der Waals surface area contributed by atoms with Gasteiger partial charge in [0, 0.05) is 22.7 Å². The molecule has 0 bridgehead atoms. The fraction of sp³-hybridized carbons (Fsp3) is 0.227. The van der Waals surface area contributed by atoms with Gasteiger partial charge in [-0.3, -0.25) is 10.1 Å². The fourth-order valence-corrected chi connectivity index (χ4v) is 4.53. The normalized spacial score (nSPS) is 18.1. The minimum Gasteiger partial charge on any atom is -0.445 e. The molecule has 0 aliphatic carbocycles. The summed E-state index contributed by atoms with van der Waals surface area (Å²) in [5, 5.41) is 4.00. The van der Waals surface area contributed by atoms with Crippen molar-refractivity contribution in [3.63, 3.8) is 0 Å². The molecule has 0 spiro atoms.